The van der Waals surface area contributed by atoms with Crippen LogP contribution in [0.25, 0.3) is 0 Å². The molecule has 0 bridgehead atoms. The van der Waals surface area contributed by atoms with Gasteiger partial charge in [0.25, 0.3) is 0 Å². The van der Waals surface area contributed by atoms with Gasteiger partial charge in [-0.3, -0.25) is 5.10 Å². The summed E-state index contributed by atoms with van der Waals surface area (Å²) in [6, 6.07) is 14.7. The van der Waals surface area contributed by atoms with Gasteiger partial charge in [-0.25, -0.2) is 4.98 Å². The van der Waals surface area contributed by atoms with Crippen LogP contribution >= 0.6 is 0 Å². The van der Waals surface area contributed by atoms with Crippen molar-refractivity contribution in [3.63, 3.8) is 0 Å². The molecule has 7 heteroatoms. The first-order chi connectivity index (χ1) is 15.6. The van der Waals surface area contributed by atoms with Crippen LogP contribution in [-0.2, 0) is 6.42 Å². The fraction of sp³-hybridized carbons (Fsp3) is 0.480. The van der Waals surface area contributed by atoms with Crippen LogP contribution in [0.5, 0.6) is 0 Å². The van der Waals surface area contributed by atoms with Crippen LogP contribution in [-0.4, -0.2) is 58.8 Å². The molecule has 1 aromatic carbocycles. The lowest BCUT2D eigenvalue weighted by atomic mass is 10.1. The molecule has 2 saturated carbocycles. The van der Waals surface area contributed by atoms with E-state index >= 15 is 0 Å². The fourth-order valence-corrected chi connectivity index (χ4v) is 5.23. The van der Waals surface area contributed by atoms with Gasteiger partial charge in [0.05, 0.1) is 5.69 Å². The maximum Gasteiger partial charge on any atom is 0.227 e. The number of hydrogen-bond donors (Lipinski definition) is 2. The Morgan fingerprint density at radius 1 is 1.03 bits per heavy atom. The molecular formula is C25H31N7. The highest BCUT2D eigenvalue weighted by molar-refractivity contribution is 5.55. The summed E-state index contributed by atoms with van der Waals surface area (Å²) in [5.74, 6) is 5.54. The van der Waals surface area contributed by atoms with Crippen LogP contribution in [0, 0.1) is 17.8 Å². The van der Waals surface area contributed by atoms with Crippen molar-refractivity contribution in [1.82, 2.24) is 25.1 Å². The third-order valence-electron chi connectivity index (χ3n) is 7.10. The minimum absolute atomic E-state index is 0.652. The van der Waals surface area contributed by atoms with Crippen LogP contribution in [0.2, 0.25) is 0 Å². The number of nitrogens with one attached hydrogen (secondary N) is 2. The molecule has 7 nitrogen and oxygen atoms in total. The van der Waals surface area contributed by atoms with Crippen molar-refractivity contribution in [1.29, 1.82) is 0 Å². The van der Waals surface area contributed by atoms with Gasteiger partial charge in [-0.15, -0.1) is 0 Å². The van der Waals surface area contributed by atoms with Gasteiger partial charge in [0.2, 0.25) is 5.95 Å². The van der Waals surface area contributed by atoms with E-state index < -0.39 is 0 Å². The summed E-state index contributed by atoms with van der Waals surface area (Å²) >= 11 is 0. The largest absolute Gasteiger partial charge is 0.340 e. The van der Waals surface area contributed by atoms with Gasteiger partial charge in [-0.2, -0.15) is 10.1 Å². The molecule has 0 radical (unpaired) electrons. The molecule has 3 aromatic rings. The van der Waals surface area contributed by atoms with E-state index in [4.69, 9.17) is 9.97 Å². The maximum absolute atomic E-state index is 4.97. The standard InChI is InChI=1S/C25H31N7/c1-31(2)13-19-20-14-32(15-21(19)20)25-26-18(10-16-6-4-3-5-7-16)11-23(28-25)27-24-12-22(29-30-24)17-8-9-17/h3-7,11-12,17,19-21H,8-10,13-15H2,1-2H3,(H2,26,27,28,29,30)/t19?,20-,21+. The monoisotopic (exact) mass is 429 g/mol. The van der Waals surface area contributed by atoms with E-state index in [0.29, 0.717) is 5.92 Å². The third-order valence-corrected chi connectivity index (χ3v) is 7.10. The molecule has 3 fully saturated rings. The smallest absolute Gasteiger partial charge is 0.227 e. The number of fused-ring (bicyclic) bond motifs is 1. The first-order valence-corrected chi connectivity index (χ1v) is 11.8. The topological polar surface area (TPSA) is 73.0 Å². The van der Waals surface area contributed by atoms with Gasteiger partial charge in [-0.1, -0.05) is 30.3 Å². The van der Waals surface area contributed by atoms with Crippen molar-refractivity contribution in [3.05, 3.63) is 59.4 Å². The second-order valence-electron chi connectivity index (χ2n) is 9.97. The van der Waals surface area contributed by atoms with E-state index in [1.165, 1.54) is 30.6 Å². The van der Waals surface area contributed by atoms with E-state index in [0.717, 1.165) is 60.5 Å². The molecule has 2 aliphatic carbocycles. The van der Waals surface area contributed by atoms with Crippen molar-refractivity contribution in [3.8, 4) is 0 Å². The van der Waals surface area contributed by atoms with Gasteiger partial charge in [0.15, 0.2) is 5.82 Å². The van der Waals surface area contributed by atoms with E-state index in [1.54, 1.807) is 0 Å². The molecule has 1 saturated heterocycles. The zero-order valence-electron chi connectivity index (χ0n) is 18.8. The minimum atomic E-state index is 0.652. The van der Waals surface area contributed by atoms with Crippen LogP contribution in [0.15, 0.2) is 42.5 Å². The van der Waals surface area contributed by atoms with Gasteiger partial charge in [0.1, 0.15) is 5.82 Å². The molecule has 1 unspecified atom stereocenters. The molecule has 6 rings (SSSR count). The average molecular weight is 430 g/mol. The predicted octanol–water partition coefficient (Wildman–Crippen LogP) is 3.66. The summed E-state index contributed by atoms with van der Waals surface area (Å²) in [6.07, 6.45) is 3.31. The lowest BCUT2D eigenvalue weighted by molar-refractivity contribution is 0.366. The number of rotatable bonds is 8. The van der Waals surface area contributed by atoms with Crippen molar-refractivity contribution >= 4 is 17.6 Å². The van der Waals surface area contributed by atoms with Crippen molar-refractivity contribution < 1.29 is 0 Å². The molecule has 2 N–H and O–H groups in total. The SMILES string of the molecule is CN(C)CC1[C@H]2CN(c3nc(Cc4ccccc4)cc(Nc4cc(C5CC5)[nH]n4)n3)C[C@@H]12. The molecule has 1 aliphatic heterocycles. The lowest BCUT2D eigenvalue weighted by Crippen LogP contribution is -2.29. The molecule has 3 heterocycles. The second-order valence-corrected chi connectivity index (χ2v) is 9.97. The van der Waals surface area contributed by atoms with E-state index in [9.17, 15) is 0 Å². The van der Waals surface area contributed by atoms with Crippen molar-refractivity contribution in [2.24, 2.45) is 17.8 Å². The molecule has 166 valence electrons. The van der Waals surface area contributed by atoms with E-state index in [1.807, 2.05) is 0 Å². The van der Waals surface area contributed by atoms with Crippen LogP contribution in [0.3, 0.4) is 0 Å². The Bertz CT molecular complexity index is 1080. The average Bonchev–Trinajstić information content (AvgIpc) is 3.61. The first kappa shape index (κ1) is 19.7. The normalized spacial score (nSPS) is 24.1. The van der Waals surface area contributed by atoms with Gasteiger partial charge >= 0.3 is 0 Å². The molecule has 3 atom stereocenters. The number of piperidine rings is 1. The molecule has 0 amide bonds. The number of nitrogens with zero attached hydrogens (tertiary/aromatic N) is 5. The number of aromatic nitrogens is 4. The number of H-pyrrole nitrogens is 1. The summed E-state index contributed by atoms with van der Waals surface area (Å²) in [4.78, 5) is 14.6. The summed E-state index contributed by atoms with van der Waals surface area (Å²) < 4.78 is 0. The maximum atomic E-state index is 4.97. The van der Waals surface area contributed by atoms with Crippen molar-refractivity contribution in [2.45, 2.75) is 25.2 Å². The van der Waals surface area contributed by atoms with Crippen molar-refractivity contribution in [2.75, 3.05) is 43.9 Å². The quantitative estimate of drug-likeness (QED) is 0.569. The Labute approximate surface area is 189 Å². The second kappa shape index (κ2) is 7.89. The number of benzene rings is 1. The number of anilines is 3. The summed E-state index contributed by atoms with van der Waals surface area (Å²) in [7, 11) is 4.34. The fourth-order valence-electron chi connectivity index (χ4n) is 5.23. The summed E-state index contributed by atoms with van der Waals surface area (Å²) in [5, 5.41) is 11.1. The number of hydrogen-bond acceptors (Lipinski definition) is 6. The zero-order chi connectivity index (χ0) is 21.7. The highest BCUT2D eigenvalue weighted by atomic mass is 15.3. The summed E-state index contributed by atoms with van der Waals surface area (Å²) in [5.41, 5.74) is 3.51. The Balaban J connectivity index is 1.23. The highest BCUT2D eigenvalue weighted by Crippen LogP contribution is 2.52. The molecule has 0 spiro atoms. The lowest BCUT2D eigenvalue weighted by Gasteiger charge is -2.22. The Kier molecular flexibility index (Phi) is 4.86. The molecule has 2 aromatic heterocycles. The highest BCUT2D eigenvalue weighted by Gasteiger charge is 2.55. The minimum Gasteiger partial charge on any atom is -0.340 e. The molecule has 3 aliphatic rings. The predicted molar refractivity (Wildman–Crippen MR) is 126 cm³/mol. The zero-order valence-corrected chi connectivity index (χ0v) is 18.8. The van der Waals surface area contributed by atoms with E-state index in [2.05, 4.69) is 81.9 Å². The first-order valence-electron chi connectivity index (χ1n) is 11.8. The van der Waals surface area contributed by atoms with Gasteiger partial charge in [-0.05, 0) is 50.3 Å². The van der Waals surface area contributed by atoms with Gasteiger partial charge < -0.3 is 15.1 Å². The third kappa shape index (κ3) is 4.09. The molecular weight excluding hydrogens is 398 g/mol. The number of aromatic amines is 1. The molecule has 32 heavy (non-hydrogen) atoms. The van der Waals surface area contributed by atoms with E-state index in [-0.39, 0.29) is 0 Å². The van der Waals surface area contributed by atoms with Crippen LogP contribution < -0.4 is 10.2 Å². The Morgan fingerprint density at radius 3 is 2.53 bits per heavy atom. The van der Waals surface area contributed by atoms with Crippen LogP contribution in [0.1, 0.15) is 35.7 Å². The Hall–Kier alpha value is -2.93. The van der Waals surface area contributed by atoms with Crippen LogP contribution in [0.4, 0.5) is 17.6 Å². The Morgan fingerprint density at radius 2 is 1.81 bits per heavy atom. The van der Waals surface area contributed by atoms with Gasteiger partial charge in [0, 0.05) is 49.8 Å². The summed E-state index contributed by atoms with van der Waals surface area (Å²) in [6.45, 7) is 3.31.